The van der Waals surface area contributed by atoms with Gasteiger partial charge in [-0.15, -0.1) is 11.8 Å². The average molecular weight is 179 g/mol. The molecule has 0 radical (unpaired) electrons. The summed E-state index contributed by atoms with van der Waals surface area (Å²) in [5.41, 5.74) is 1.08. The number of ketones is 1. The molecule has 0 saturated carbocycles. The third kappa shape index (κ3) is 1.46. The number of rotatable bonds is 0. The second-order valence-corrected chi connectivity index (χ2v) is 3.69. The lowest BCUT2D eigenvalue weighted by atomic mass is 10.3. The van der Waals surface area contributed by atoms with Crippen molar-refractivity contribution in [3.63, 3.8) is 0 Å². The topological polar surface area (TPSA) is 29.1 Å². The second-order valence-electron chi connectivity index (χ2n) is 2.68. The van der Waals surface area contributed by atoms with Gasteiger partial charge in [-0.05, 0) is 12.1 Å². The number of carbonyl (C=O) groups is 1. The maximum Gasteiger partial charge on any atom is 0.162 e. The van der Waals surface area contributed by atoms with Gasteiger partial charge in [0.2, 0.25) is 0 Å². The molecule has 0 aliphatic carbocycles. The lowest BCUT2D eigenvalue weighted by Crippen LogP contribution is -2.12. The number of benzene rings is 1. The van der Waals surface area contributed by atoms with Crippen molar-refractivity contribution in [2.75, 3.05) is 17.6 Å². The van der Waals surface area contributed by atoms with Gasteiger partial charge < -0.3 is 5.32 Å². The molecular formula is C9H9NOS. The lowest BCUT2D eigenvalue weighted by Gasteiger charge is -2.03. The Labute approximate surface area is 75.4 Å². The first-order chi connectivity index (χ1) is 5.86. The molecule has 0 spiro atoms. The molecule has 2 rings (SSSR count). The van der Waals surface area contributed by atoms with E-state index in [9.17, 15) is 4.79 Å². The van der Waals surface area contributed by atoms with Crippen LogP contribution in [0.3, 0.4) is 0 Å². The van der Waals surface area contributed by atoms with Crippen molar-refractivity contribution < 1.29 is 4.79 Å². The maximum atomic E-state index is 11.1. The van der Waals surface area contributed by atoms with E-state index in [1.807, 2.05) is 24.3 Å². The molecule has 0 aromatic heterocycles. The highest BCUT2D eigenvalue weighted by Gasteiger charge is 2.11. The predicted octanol–water partition coefficient (Wildman–Crippen LogP) is 1.77. The molecule has 1 aromatic carbocycles. The summed E-state index contributed by atoms with van der Waals surface area (Å²) < 4.78 is 0. The first-order valence-electron chi connectivity index (χ1n) is 3.83. The molecule has 0 amide bonds. The summed E-state index contributed by atoms with van der Waals surface area (Å²) in [6.45, 7) is 0.462. The molecule has 1 aliphatic rings. The van der Waals surface area contributed by atoms with Gasteiger partial charge in [-0.25, -0.2) is 0 Å². The van der Waals surface area contributed by atoms with Crippen molar-refractivity contribution >= 4 is 23.2 Å². The molecule has 1 aromatic rings. The molecule has 1 N–H and O–H groups in total. The summed E-state index contributed by atoms with van der Waals surface area (Å²) in [6.07, 6.45) is 0. The van der Waals surface area contributed by atoms with Crippen LogP contribution in [0, 0.1) is 0 Å². The summed E-state index contributed by atoms with van der Waals surface area (Å²) in [5, 5.41) is 3.10. The van der Waals surface area contributed by atoms with Crippen molar-refractivity contribution in [3.05, 3.63) is 24.3 Å². The standard InChI is InChI=1S/C9H9NOS/c11-7-5-10-8-3-1-2-4-9(8)12-6-7/h1-4,10H,5-6H2. The zero-order chi connectivity index (χ0) is 8.39. The quantitative estimate of drug-likeness (QED) is 0.658. The molecular weight excluding hydrogens is 170 g/mol. The lowest BCUT2D eigenvalue weighted by molar-refractivity contribution is -0.114. The van der Waals surface area contributed by atoms with E-state index in [-0.39, 0.29) is 5.78 Å². The Kier molecular flexibility index (Phi) is 2.04. The Bertz CT molecular complexity index is 282. The van der Waals surface area contributed by atoms with Crippen LogP contribution >= 0.6 is 11.8 Å². The van der Waals surface area contributed by atoms with Gasteiger partial charge in [0.1, 0.15) is 0 Å². The number of carbonyl (C=O) groups excluding carboxylic acids is 1. The highest BCUT2D eigenvalue weighted by Crippen LogP contribution is 2.28. The Morgan fingerprint density at radius 2 is 2.17 bits per heavy atom. The minimum atomic E-state index is 0.260. The van der Waals surface area contributed by atoms with Crippen LogP contribution in [0.4, 0.5) is 5.69 Å². The number of hydrogen-bond acceptors (Lipinski definition) is 3. The van der Waals surface area contributed by atoms with Crippen LogP contribution in [0.15, 0.2) is 29.2 Å². The predicted molar refractivity (Wildman–Crippen MR) is 50.7 cm³/mol. The Morgan fingerprint density at radius 3 is 3.08 bits per heavy atom. The molecule has 0 fully saturated rings. The largest absolute Gasteiger partial charge is 0.377 e. The van der Waals surface area contributed by atoms with E-state index >= 15 is 0 Å². The first kappa shape index (κ1) is 7.68. The Balaban J connectivity index is 2.32. The summed E-state index contributed by atoms with van der Waals surface area (Å²) in [4.78, 5) is 12.2. The number of fused-ring (bicyclic) bond motifs is 1. The summed E-state index contributed by atoms with van der Waals surface area (Å²) in [6, 6.07) is 8.00. The monoisotopic (exact) mass is 179 g/mol. The third-order valence-electron chi connectivity index (χ3n) is 1.75. The fourth-order valence-corrected chi connectivity index (χ4v) is 2.03. The van der Waals surface area contributed by atoms with E-state index in [4.69, 9.17) is 0 Å². The normalized spacial score (nSPS) is 16.2. The van der Waals surface area contributed by atoms with Crippen LogP contribution in [-0.4, -0.2) is 18.1 Å². The van der Waals surface area contributed by atoms with Crippen LogP contribution < -0.4 is 5.32 Å². The second kappa shape index (κ2) is 3.19. The number of nitrogens with one attached hydrogen (secondary N) is 1. The van der Waals surface area contributed by atoms with Gasteiger partial charge in [0.15, 0.2) is 5.78 Å². The highest BCUT2D eigenvalue weighted by molar-refractivity contribution is 8.00. The molecule has 0 bridgehead atoms. The van der Waals surface area contributed by atoms with E-state index < -0.39 is 0 Å². The van der Waals surface area contributed by atoms with Crippen LogP contribution in [-0.2, 0) is 4.79 Å². The van der Waals surface area contributed by atoms with E-state index in [2.05, 4.69) is 5.32 Å². The summed E-state index contributed by atoms with van der Waals surface area (Å²) in [7, 11) is 0. The smallest absolute Gasteiger partial charge is 0.162 e. The number of hydrogen-bond donors (Lipinski definition) is 1. The van der Waals surface area contributed by atoms with Crippen LogP contribution in [0.1, 0.15) is 0 Å². The fraction of sp³-hybridized carbons (Fsp3) is 0.222. The molecule has 3 heteroatoms. The van der Waals surface area contributed by atoms with Crippen molar-refractivity contribution in [3.8, 4) is 0 Å². The molecule has 62 valence electrons. The van der Waals surface area contributed by atoms with E-state index in [1.165, 1.54) is 4.90 Å². The van der Waals surface area contributed by atoms with E-state index in [0.29, 0.717) is 12.3 Å². The van der Waals surface area contributed by atoms with Gasteiger partial charge in [0, 0.05) is 10.6 Å². The zero-order valence-corrected chi connectivity index (χ0v) is 7.36. The number of Topliss-reactive ketones (excluding diaryl/α,β-unsaturated/α-hetero) is 1. The minimum absolute atomic E-state index is 0.260. The van der Waals surface area contributed by atoms with Gasteiger partial charge in [0.05, 0.1) is 12.3 Å². The highest BCUT2D eigenvalue weighted by atomic mass is 32.2. The van der Waals surface area contributed by atoms with Crippen molar-refractivity contribution in [2.24, 2.45) is 0 Å². The number of anilines is 1. The summed E-state index contributed by atoms with van der Waals surface area (Å²) >= 11 is 1.61. The average Bonchev–Trinajstić information content (AvgIpc) is 2.29. The SMILES string of the molecule is O=C1CNc2ccccc2SC1. The zero-order valence-electron chi connectivity index (χ0n) is 6.54. The molecule has 0 unspecified atom stereocenters. The van der Waals surface area contributed by atoms with Crippen molar-refractivity contribution in [1.82, 2.24) is 0 Å². The fourth-order valence-electron chi connectivity index (χ4n) is 1.14. The Hall–Kier alpha value is -0.960. The number of thioether (sulfide) groups is 1. The maximum absolute atomic E-state index is 11.1. The van der Waals surface area contributed by atoms with Crippen molar-refractivity contribution in [1.29, 1.82) is 0 Å². The van der Waals surface area contributed by atoms with Crippen LogP contribution in [0.25, 0.3) is 0 Å². The Morgan fingerprint density at radius 1 is 1.33 bits per heavy atom. The summed E-state index contributed by atoms with van der Waals surface area (Å²) in [5.74, 6) is 0.848. The van der Waals surface area contributed by atoms with Gasteiger partial charge in [-0.3, -0.25) is 4.79 Å². The van der Waals surface area contributed by atoms with Gasteiger partial charge in [0.25, 0.3) is 0 Å². The van der Waals surface area contributed by atoms with Crippen LogP contribution in [0.2, 0.25) is 0 Å². The van der Waals surface area contributed by atoms with Gasteiger partial charge >= 0.3 is 0 Å². The molecule has 0 saturated heterocycles. The third-order valence-corrected chi connectivity index (χ3v) is 2.89. The molecule has 2 nitrogen and oxygen atoms in total. The molecule has 1 aliphatic heterocycles. The van der Waals surface area contributed by atoms with Gasteiger partial charge in [-0.1, -0.05) is 12.1 Å². The van der Waals surface area contributed by atoms with Crippen LogP contribution in [0.5, 0.6) is 0 Å². The number of para-hydroxylation sites is 1. The molecule has 0 atom stereocenters. The first-order valence-corrected chi connectivity index (χ1v) is 4.82. The van der Waals surface area contributed by atoms with Gasteiger partial charge in [-0.2, -0.15) is 0 Å². The van der Waals surface area contributed by atoms with E-state index in [1.54, 1.807) is 11.8 Å². The molecule has 12 heavy (non-hydrogen) atoms. The van der Waals surface area contributed by atoms with E-state index in [0.717, 1.165) is 5.69 Å². The molecule has 1 heterocycles. The minimum Gasteiger partial charge on any atom is -0.377 e. The van der Waals surface area contributed by atoms with Crippen molar-refractivity contribution in [2.45, 2.75) is 4.90 Å².